The van der Waals surface area contributed by atoms with E-state index in [1.54, 1.807) is 25.5 Å². The van der Waals surface area contributed by atoms with Gasteiger partial charge in [0.2, 0.25) is 0 Å². The van der Waals surface area contributed by atoms with Crippen LogP contribution in [0.2, 0.25) is 0 Å². The van der Waals surface area contributed by atoms with Crippen LogP contribution in [0.3, 0.4) is 0 Å². The number of hydrogen-bond donors (Lipinski definition) is 3. The molecule has 0 bridgehead atoms. The molecule has 1 aromatic carbocycles. The molecular weight excluding hydrogens is 473 g/mol. The van der Waals surface area contributed by atoms with Gasteiger partial charge in [-0.1, -0.05) is 26.0 Å². The molecule has 150 valence electrons. The maximum Gasteiger partial charge on any atom is 0.191 e. The van der Waals surface area contributed by atoms with Crippen LogP contribution in [-0.4, -0.2) is 38.3 Å². The number of rotatable bonds is 9. The lowest BCUT2D eigenvalue weighted by Crippen LogP contribution is -2.36. The predicted molar refractivity (Wildman–Crippen MR) is 125 cm³/mol. The van der Waals surface area contributed by atoms with E-state index < -0.39 is 0 Å². The lowest BCUT2D eigenvalue weighted by molar-refractivity contribution is 0.211. The zero-order chi connectivity index (χ0) is 18.8. The minimum absolute atomic E-state index is 0. The van der Waals surface area contributed by atoms with Gasteiger partial charge in [-0.2, -0.15) is 0 Å². The van der Waals surface area contributed by atoms with E-state index in [2.05, 4.69) is 69.4 Å². The Labute approximate surface area is 183 Å². The van der Waals surface area contributed by atoms with Crippen molar-refractivity contribution in [2.45, 2.75) is 32.9 Å². The summed E-state index contributed by atoms with van der Waals surface area (Å²) < 4.78 is 5.04. The fraction of sp³-hybridized carbons (Fsp3) is 0.474. The molecule has 0 aliphatic rings. The molecule has 0 atom stereocenters. The van der Waals surface area contributed by atoms with Gasteiger partial charge < -0.3 is 20.7 Å². The van der Waals surface area contributed by atoms with E-state index in [4.69, 9.17) is 4.74 Å². The first-order chi connectivity index (χ1) is 12.6. The zero-order valence-corrected chi connectivity index (χ0v) is 19.6. The van der Waals surface area contributed by atoms with E-state index in [1.165, 1.54) is 5.56 Å². The second-order valence-electron chi connectivity index (χ2n) is 6.22. The van der Waals surface area contributed by atoms with E-state index in [1.807, 2.05) is 0 Å². The summed E-state index contributed by atoms with van der Waals surface area (Å²) in [5, 5.41) is 13.2. The number of benzene rings is 1. The van der Waals surface area contributed by atoms with Crippen molar-refractivity contribution in [2.24, 2.45) is 4.99 Å². The molecule has 2 rings (SSSR count). The highest BCUT2D eigenvalue weighted by atomic mass is 127. The number of aliphatic imine (C=N–C) groups is 1. The molecule has 0 saturated heterocycles. The van der Waals surface area contributed by atoms with Crippen molar-refractivity contribution in [3.63, 3.8) is 0 Å². The van der Waals surface area contributed by atoms with Crippen LogP contribution in [0.25, 0.3) is 0 Å². The van der Waals surface area contributed by atoms with Crippen LogP contribution in [0.5, 0.6) is 0 Å². The summed E-state index contributed by atoms with van der Waals surface area (Å²) in [4.78, 5) is 8.90. The third-order valence-corrected chi connectivity index (χ3v) is 4.71. The van der Waals surface area contributed by atoms with Gasteiger partial charge >= 0.3 is 0 Å². The van der Waals surface area contributed by atoms with E-state index in [0.29, 0.717) is 25.6 Å². The van der Waals surface area contributed by atoms with Gasteiger partial charge in [-0.05, 0) is 23.6 Å². The first kappa shape index (κ1) is 23.6. The SMILES string of the molecule is CN=C(NCc1ccc(NCCOC)cc1)NCc1nc(C(C)C)cs1.I. The number of ether oxygens (including phenoxy) is 1. The number of halogens is 1. The molecule has 6 nitrogen and oxygen atoms in total. The summed E-state index contributed by atoms with van der Waals surface area (Å²) in [7, 11) is 3.48. The molecule has 0 fully saturated rings. The van der Waals surface area contributed by atoms with Gasteiger partial charge in [0, 0.05) is 38.3 Å². The van der Waals surface area contributed by atoms with Gasteiger partial charge in [0.05, 0.1) is 18.8 Å². The first-order valence-electron chi connectivity index (χ1n) is 8.83. The van der Waals surface area contributed by atoms with Crippen LogP contribution in [-0.2, 0) is 17.8 Å². The van der Waals surface area contributed by atoms with Gasteiger partial charge in [-0.15, -0.1) is 35.3 Å². The number of anilines is 1. The largest absolute Gasteiger partial charge is 0.383 e. The molecule has 3 N–H and O–H groups in total. The van der Waals surface area contributed by atoms with Crippen LogP contribution in [0, 0.1) is 0 Å². The van der Waals surface area contributed by atoms with Crippen molar-refractivity contribution >= 4 is 47.0 Å². The number of hydrogen-bond acceptors (Lipinski definition) is 5. The van der Waals surface area contributed by atoms with Crippen molar-refractivity contribution in [1.29, 1.82) is 0 Å². The third-order valence-electron chi connectivity index (χ3n) is 3.84. The maximum absolute atomic E-state index is 5.04. The molecule has 2 aromatic rings. The highest BCUT2D eigenvalue weighted by molar-refractivity contribution is 14.0. The van der Waals surface area contributed by atoms with Crippen LogP contribution < -0.4 is 16.0 Å². The molecule has 0 spiro atoms. The topological polar surface area (TPSA) is 70.6 Å². The summed E-state index contributed by atoms with van der Waals surface area (Å²) in [6.45, 7) is 7.21. The maximum atomic E-state index is 5.04. The van der Waals surface area contributed by atoms with E-state index >= 15 is 0 Å². The first-order valence-corrected chi connectivity index (χ1v) is 9.71. The van der Waals surface area contributed by atoms with Crippen molar-refractivity contribution < 1.29 is 4.74 Å². The number of aromatic nitrogens is 1. The Morgan fingerprint density at radius 1 is 1.19 bits per heavy atom. The van der Waals surface area contributed by atoms with Crippen molar-refractivity contribution in [2.75, 3.05) is 32.6 Å². The quantitative estimate of drug-likeness (QED) is 0.210. The van der Waals surface area contributed by atoms with Crippen molar-refractivity contribution in [1.82, 2.24) is 15.6 Å². The zero-order valence-electron chi connectivity index (χ0n) is 16.4. The van der Waals surface area contributed by atoms with Crippen molar-refractivity contribution in [3.05, 3.63) is 45.9 Å². The second-order valence-corrected chi connectivity index (χ2v) is 7.16. The summed E-state index contributed by atoms with van der Waals surface area (Å²) in [5.74, 6) is 1.23. The minimum Gasteiger partial charge on any atom is -0.383 e. The van der Waals surface area contributed by atoms with Crippen LogP contribution in [0.4, 0.5) is 5.69 Å². The van der Waals surface area contributed by atoms with Gasteiger partial charge in [-0.3, -0.25) is 4.99 Å². The van der Waals surface area contributed by atoms with Gasteiger partial charge in [-0.25, -0.2) is 4.98 Å². The summed E-state index contributed by atoms with van der Waals surface area (Å²) in [5.41, 5.74) is 3.44. The Morgan fingerprint density at radius 2 is 1.89 bits per heavy atom. The molecular formula is C19H30IN5OS. The number of nitrogens with one attached hydrogen (secondary N) is 3. The molecule has 27 heavy (non-hydrogen) atoms. The highest BCUT2D eigenvalue weighted by Gasteiger charge is 2.06. The Morgan fingerprint density at radius 3 is 2.48 bits per heavy atom. The Balaban J connectivity index is 0.00000364. The standard InChI is InChI=1S/C19H29N5OS.HI/c1-14(2)17-13-26-18(24-17)12-23-19(20-3)22-11-15-5-7-16(8-6-15)21-9-10-25-4;/h5-8,13-14,21H,9-12H2,1-4H3,(H2,20,22,23);1H. The number of thiazole rings is 1. The molecule has 0 aliphatic heterocycles. The number of methoxy groups -OCH3 is 1. The lowest BCUT2D eigenvalue weighted by atomic mass is 10.2. The Kier molecular flexibility index (Phi) is 11.3. The normalized spacial score (nSPS) is 11.2. The Hall–Kier alpha value is -1.39. The number of guanidine groups is 1. The average Bonchev–Trinajstić information content (AvgIpc) is 3.12. The smallest absolute Gasteiger partial charge is 0.191 e. The molecule has 0 unspecified atom stereocenters. The van der Waals surface area contributed by atoms with Gasteiger partial charge in [0.15, 0.2) is 5.96 Å². The van der Waals surface area contributed by atoms with Gasteiger partial charge in [0.1, 0.15) is 5.01 Å². The van der Waals surface area contributed by atoms with E-state index in [9.17, 15) is 0 Å². The monoisotopic (exact) mass is 503 g/mol. The molecule has 1 heterocycles. The average molecular weight is 503 g/mol. The van der Waals surface area contributed by atoms with Crippen LogP contribution in [0.15, 0.2) is 34.6 Å². The third kappa shape index (κ3) is 8.44. The van der Waals surface area contributed by atoms with Crippen LogP contribution in [0.1, 0.15) is 36.0 Å². The molecule has 0 aliphatic carbocycles. The lowest BCUT2D eigenvalue weighted by Gasteiger charge is -2.12. The van der Waals surface area contributed by atoms with E-state index in [0.717, 1.165) is 28.9 Å². The van der Waals surface area contributed by atoms with Crippen LogP contribution >= 0.6 is 35.3 Å². The molecule has 0 radical (unpaired) electrons. The molecule has 8 heteroatoms. The summed E-state index contributed by atoms with van der Waals surface area (Å²) >= 11 is 1.68. The summed E-state index contributed by atoms with van der Waals surface area (Å²) in [6, 6.07) is 8.36. The fourth-order valence-corrected chi connectivity index (χ4v) is 3.17. The van der Waals surface area contributed by atoms with E-state index in [-0.39, 0.29) is 24.0 Å². The minimum atomic E-state index is 0. The Bertz CT molecular complexity index is 688. The number of nitrogens with zero attached hydrogens (tertiary/aromatic N) is 2. The fourth-order valence-electron chi connectivity index (χ4n) is 2.28. The molecule has 1 aromatic heterocycles. The predicted octanol–water partition coefficient (Wildman–Crippen LogP) is 3.81. The molecule has 0 saturated carbocycles. The van der Waals surface area contributed by atoms with Crippen molar-refractivity contribution in [3.8, 4) is 0 Å². The second kappa shape index (κ2) is 12.9. The highest BCUT2D eigenvalue weighted by Crippen LogP contribution is 2.17. The van der Waals surface area contributed by atoms with Gasteiger partial charge in [0.25, 0.3) is 0 Å². The molecule has 0 amide bonds. The summed E-state index contributed by atoms with van der Waals surface area (Å²) in [6.07, 6.45) is 0.